The van der Waals surface area contributed by atoms with Crippen molar-refractivity contribution in [3.8, 4) is 0 Å². The lowest BCUT2D eigenvalue weighted by atomic mass is 10.2. The van der Waals surface area contributed by atoms with Crippen LogP contribution in [0.4, 0.5) is 0 Å². The Balaban J connectivity index is 1.63. The quantitative estimate of drug-likeness (QED) is 0.586. The van der Waals surface area contributed by atoms with Crippen molar-refractivity contribution in [2.24, 2.45) is 0 Å². The van der Waals surface area contributed by atoms with Gasteiger partial charge in [-0.2, -0.15) is 5.10 Å². The molecule has 1 atom stereocenters. The van der Waals surface area contributed by atoms with Gasteiger partial charge in [-0.1, -0.05) is 23.7 Å². The molecule has 0 unspecified atom stereocenters. The van der Waals surface area contributed by atoms with Gasteiger partial charge in [-0.15, -0.1) is 0 Å². The molecular weight excluding hydrogens is 368 g/mol. The summed E-state index contributed by atoms with van der Waals surface area (Å²) in [4.78, 5) is 25.4. The molecule has 138 valence electrons. The first-order valence-corrected chi connectivity index (χ1v) is 8.84. The highest BCUT2D eigenvalue weighted by Gasteiger charge is 2.21. The summed E-state index contributed by atoms with van der Waals surface area (Å²) in [6.07, 6.45) is 1.56. The van der Waals surface area contributed by atoms with Gasteiger partial charge in [0.15, 0.2) is 5.58 Å². The summed E-state index contributed by atoms with van der Waals surface area (Å²) in [6, 6.07) is 9.92. The Morgan fingerprint density at radius 2 is 2.11 bits per heavy atom. The summed E-state index contributed by atoms with van der Waals surface area (Å²) >= 11 is 5.96. The van der Waals surface area contributed by atoms with Crippen LogP contribution in [0.2, 0.25) is 5.02 Å². The standard InChI is InChI=1S/C19H17ClN4O3/c1-11(18(25)21-10-13-4-3-5-14(20)8-13)24-19(26)16-9-17-15(6-7-27-17)23(16)12(2)22-24/h3-9,11H,10H2,1-2H3,(H,21,25)/t11-/m1/s1. The van der Waals surface area contributed by atoms with Gasteiger partial charge < -0.3 is 9.73 Å². The highest BCUT2D eigenvalue weighted by molar-refractivity contribution is 6.30. The number of carbonyl (C=O) groups is 1. The monoisotopic (exact) mass is 384 g/mol. The summed E-state index contributed by atoms with van der Waals surface area (Å²) in [6.45, 7) is 3.74. The highest BCUT2D eigenvalue weighted by Crippen LogP contribution is 2.20. The third-order valence-corrected chi connectivity index (χ3v) is 4.76. The van der Waals surface area contributed by atoms with Crippen LogP contribution in [0.1, 0.15) is 24.4 Å². The molecule has 0 radical (unpaired) electrons. The Morgan fingerprint density at radius 3 is 2.89 bits per heavy atom. The molecule has 27 heavy (non-hydrogen) atoms. The van der Waals surface area contributed by atoms with E-state index in [9.17, 15) is 9.59 Å². The molecule has 1 amide bonds. The van der Waals surface area contributed by atoms with E-state index in [2.05, 4.69) is 10.4 Å². The van der Waals surface area contributed by atoms with Crippen molar-refractivity contribution in [3.63, 3.8) is 0 Å². The number of nitrogens with zero attached hydrogens (tertiary/aromatic N) is 3. The van der Waals surface area contributed by atoms with Gasteiger partial charge in [0.05, 0.1) is 11.8 Å². The van der Waals surface area contributed by atoms with E-state index in [1.54, 1.807) is 48.8 Å². The maximum Gasteiger partial charge on any atom is 0.291 e. The first-order valence-electron chi connectivity index (χ1n) is 8.46. The fraction of sp³-hybridized carbons (Fsp3) is 0.211. The molecule has 8 heteroatoms. The number of nitrogens with one attached hydrogen (secondary N) is 1. The van der Waals surface area contributed by atoms with Crippen LogP contribution in [-0.4, -0.2) is 20.1 Å². The summed E-state index contributed by atoms with van der Waals surface area (Å²) in [5.41, 5.74) is 2.33. The fourth-order valence-electron chi connectivity index (χ4n) is 3.15. The predicted molar refractivity (Wildman–Crippen MR) is 102 cm³/mol. The zero-order chi connectivity index (χ0) is 19.1. The topological polar surface area (TPSA) is 81.5 Å². The molecule has 0 bridgehead atoms. The smallest absolute Gasteiger partial charge is 0.291 e. The van der Waals surface area contributed by atoms with Crippen LogP contribution in [0.5, 0.6) is 0 Å². The van der Waals surface area contributed by atoms with Crippen molar-refractivity contribution >= 4 is 34.1 Å². The van der Waals surface area contributed by atoms with Crippen molar-refractivity contribution in [3.05, 3.63) is 69.4 Å². The second kappa shape index (κ2) is 6.59. The normalized spacial score (nSPS) is 12.6. The first-order chi connectivity index (χ1) is 13.0. The van der Waals surface area contributed by atoms with E-state index in [0.717, 1.165) is 11.1 Å². The van der Waals surface area contributed by atoms with Gasteiger partial charge in [-0.25, -0.2) is 4.68 Å². The molecule has 7 nitrogen and oxygen atoms in total. The Bertz CT molecular complexity index is 1220. The largest absolute Gasteiger partial charge is 0.463 e. The average molecular weight is 385 g/mol. The van der Waals surface area contributed by atoms with Gasteiger partial charge in [-0.05, 0) is 31.5 Å². The van der Waals surface area contributed by atoms with E-state index in [4.69, 9.17) is 16.0 Å². The predicted octanol–water partition coefficient (Wildman–Crippen LogP) is 3.08. The second-order valence-electron chi connectivity index (χ2n) is 6.36. The fourth-order valence-corrected chi connectivity index (χ4v) is 3.37. The van der Waals surface area contributed by atoms with Crippen LogP contribution < -0.4 is 10.9 Å². The molecular formula is C19H17ClN4O3. The summed E-state index contributed by atoms with van der Waals surface area (Å²) in [5.74, 6) is 0.291. The number of halogens is 1. The second-order valence-corrected chi connectivity index (χ2v) is 6.79. The Kier molecular flexibility index (Phi) is 4.24. The number of hydrogen-bond donors (Lipinski definition) is 1. The van der Waals surface area contributed by atoms with E-state index in [1.807, 2.05) is 12.1 Å². The Morgan fingerprint density at radius 1 is 1.30 bits per heavy atom. The molecule has 0 aliphatic rings. The molecule has 0 saturated heterocycles. The van der Waals surface area contributed by atoms with Crippen LogP contribution in [-0.2, 0) is 11.3 Å². The number of amides is 1. The lowest BCUT2D eigenvalue weighted by Gasteiger charge is -2.15. The van der Waals surface area contributed by atoms with Crippen molar-refractivity contribution in [1.82, 2.24) is 19.5 Å². The third-order valence-electron chi connectivity index (χ3n) is 4.53. The molecule has 1 aromatic carbocycles. The molecule has 4 aromatic rings. The summed E-state index contributed by atoms with van der Waals surface area (Å²) in [7, 11) is 0. The molecule has 0 aliphatic heterocycles. The lowest BCUT2D eigenvalue weighted by Crippen LogP contribution is -2.38. The van der Waals surface area contributed by atoms with E-state index in [0.29, 0.717) is 28.5 Å². The highest BCUT2D eigenvalue weighted by atomic mass is 35.5. The molecule has 3 aromatic heterocycles. The van der Waals surface area contributed by atoms with Gasteiger partial charge in [0, 0.05) is 23.7 Å². The molecule has 0 aliphatic carbocycles. The number of rotatable bonds is 4. The van der Waals surface area contributed by atoms with Gasteiger partial charge in [0.2, 0.25) is 5.91 Å². The van der Waals surface area contributed by atoms with Gasteiger partial charge in [0.25, 0.3) is 5.56 Å². The van der Waals surface area contributed by atoms with Crippen molar-refractivity contribution in [1.29, 1.82) is 0 Å². The number of carbonyl (C=O) groups excluding carboxylic acids is 1. The van der Waals surface area contributed by atoms with Crippen LogP contribution in [0, 0.1) is 6.92 Å². The number of aromatic nitrogens is 3. The lowest BCUT2D eigenvalue weighted by molar-refractivity contribution is -0.124. The van der Waals surface area contributed by atoms with Gasteiger partial charge in [0.1, 0.15) is 17.4 Å². The minimum absolute atomic E-state index is 0.302. The van der Waals surface area contributed by atoms with E-state index in [1.165, 1.54) is 4.68 Å². The van der Waals surface area contributed by atoms with Crippen LogP contribution in [0.15, 0.2) is 51.9 Å². The van der Waals surface area contributed by atoms with E-state index >= 15 is 0 Å². The molecule has 0 saturated carbocycles. The number of furan rings is 1. The first kappa shape index (κ1) is 17.4. The summed E-state index contributed by atoms with van der Waals surface area (Å²) < 4.78 is 8.31. The van der Waals surface area contributed by atoms with Crippen LogP contribution in [0.3, 0.4) is 0 Å². The third kappa shape index (κ3) is 3.00. The molecule has 1 N–H and O–H groups in total. The van der Waals surface area contributed by atoms with Crippen molar-refractivity contribution in [2.75, 3.05) is 0 Å². The Labute approximate surface area is 159 Å². The number of fused-ring (bicyclic) bond motifs is 3. The Hall–Kier alpha value is -3.06. The molecule has 4 rings (SSSR count). The van der Waals surface area contributed by atoms with Crippen LogP contribution in [0.25, 0.3) is 16.6 Å². The average Bonchev–Trinajstić information content (AvgIpc) is 3.23. The van der Waals surface area contributed by atoms with Crippen LogP contribution >= 0.6 is 11.6 Å². The van der Waals surface area contributed by atoms with Crippen molar-refractivity contribution < 1.29 is 9.21 Å². The number of hydrogen-bond acceptors (Lipinski definition) is 4. The van der Waals surface area contributed by atoms with Crippen molar-refractivity contribution in [2.45, 2.75) is 26.4 Å². The zero-order valence-corrected chi connectivity index (χ0v) is 15.5. The minimum atomic E-state index is -0.762. The van der Waals surface area contributed by atoms with Gasteiger partial charge in [-0.3, -0.25) is 14.0 Å². The molecule has 3 heterocycles. The van der Waals surface area contributed by atoms with Gasteiger partial charge >= 0.3 is 0 Å². The zero-order valence-electron chi connectivity index (χ0n) is 14.8. The SMILES string of the molecule is Cc1nn([C@H](C)C(=O)NCc2cccc(Cl)c2)c(=O)c2cc3occc3n12. The molecule has 0 spiro atoms. The number of aryl methyl sites for hydroxylation is 1. The minimum Gasteiger partial charge on any atom is -0.463 e. The van der Waals surface area contributed by atoms with E-state index < -0.39 is 6.04 Å². The van der Waals surface area contributed by atoms with E-state index in [-0.39, 0.29) is 11.5 Å². The maximum absolute atomic E-state index is 12.9. The summed E-state index contributed by atoms with van der Waals surface area (Å²) in [5, 5.41) is 7.76. The molecule has 0 fully saturated rings. The maximum atomic E-state index is 12.9. The number of benzene rings is 1.